The van der Waals surface area contributed by atoms with Crippen LogP contribution in [0.25, 0.3) is 0 Å². The Morgan fingerprint density at radius 2 is 2.00 bits per heavy atom. The predicted molar refractivity (Wildman–Crippen MR) is 77.4 cm³/mol. The topological polar surface area (TPSA) is 78.4 Å². The van der Waals surface area contributed by atoms with Gasteiger partial charge < -0.3 is 15.7 Å². The van der Waals surface area contributed by atoms with Gasteiger partial charge in [0.2, 0.25) is 0 Å². The fourth-order valence-electron chi connectivity index (χ4n) is 1.51. The summed E-state index contributed by atoms with van der Waals surface area (Å²) in [6, 6.07) is 4.92. The first kappa shape index (κ1) is 15.5. The van der Waals surface area contributed by atoms with Gasteiger partial charge in [-0.05, 0) is 44.0 Å². The van der Waals surface area contributed by atoms with Gasteiger partial charge in [0.05, 0.1) is 0 Å². The molecule has 104 valence electrons. The van der Waals surface area contributed by atoms with Crippen molar-refractivity contribution in [1.29, 1.82) is 0 Å². The zero-order valence-electron chi connectivity index (χ0n) is 11.1. The number of amides is 2. The molecule has 0 saturated heterocycles. The first-order chi connectivity index (χ1) is 8.76. The molecule has 0 aliphatic carbocycles. The van der Waals surface area contributed by atoms with Crippen LogP contribution in [0.3, 0.4) is 0 Å². The highest BCUT2D eigenvalue weighted by Gasteiger charge is 2.32. The molecule has 5 nitrogen and oxygen atoms in total. The molecule has 0 radical (unpaired) electrons. The van der Waals surface area contributed by atoms with E-state index in [-0.39, 0.29) is 0 Å². The van der Waals surface area contributed by atoms with Gasteiger partial charge >= 0.3 is 12.0 Å². The van der Waals surface area contributed by atoms with E-state index in [4.69, 9.17) is 5.11 Å². The molecular weight excluding hydrogens is 312 g/mol. The second-order valence-electron chi connectivity index (χ2n) is 4.59. The maximum absolute atomic E-state index is 11.8. The standard InChI is InChI=1S/C13H17BrN2O3/c1-4-13(3,11(17)18)16-12(19)15-10-6-8(2)5-9(14)7-10/h5-7H,4H2,1-3H3,(H,17,18)(H2,15,16,19). The lowest BCUT2D eigenvalue weighted by molar-refractivity contribution is -0.143. The highest BCUT2D eigenvalue weighted by molar-refractivity contribution is 9.10. The molecule has 0 saturated carbocycles. The molecule has 1 unspecified atom stereocenters. The van der Waals surface area contributed by atoms with Gasteiger partial charge in [0.25, 0.3) is 0 Å². The van der Waals surface area contributed by atoms with Crippen LogP contribution < -0.4 is 10.6 Å². The predicted octanol–water partition coefficient (Wildman–Crippen LogP) is 3.13. The summed E-state index contributed by atoms with van der Waals surface area (Å²) >= 11 is 3.34. The first-order valence-corrected chi connectivity index (χ1v) is 6.66. The zero-order valence-corrected chi connectivity index (χ0v) is 12.7. The fraction of sp³-hybridized carbons (Fsp3) is 0.385. The number of rotatable bonds is 4. The number of hydrogen-bond donors (Lipinski definition) is 3. The van der Waals surface area contributed by atoms with Crippen molar-refractivity contribution in [3.05, 3.63) is 28.2 Å². The van der Waals surface area contributed by atoms with Crippen LogP contribution in [-0.2, 0) is 4.79 Å². The van der Waals surface area contributed by atoms with E-state index in [1.165, 1.54) is 6.92 Å². The number of anilines is 1. The lowest BCUT2D eigenvalue weighted by atomic mass is 10.00. The number of urea groups is 1. The van der Waals surface area contributed by atoms with Crippen molar-refractivity contribution in [3.8, 4) is 0 Å². The van der Waals surface area contributed by atoms with Crippen LogP contribution in [-0.4, -0.2) is 22.6 Å². The summed E-state index contributed by atoms with van der Waals surface area (Å²) in [6.45, 7) is 5.08. The van der Waals surface area contributed by atoms with Gasteiger partial charge in [-0.15, -0.1) is 0 Å². The van der Waals surface area contributed by atoms with Crippen LogP contribution >= 0.6 is 15.9 Å². The van der Waals surface area contributed by atoms with Crippen LogP contribution in [0.5, 0.6) is 0 Å². The lowest BCUT2D eigenvalue weighted by Gasteiger charge is -2.24. The zero-order chi connectivity index (χ0) is 14.6. The number of carbonyl (C=O) groups is 2. The number of aliphatic carboxylic acids is 1. The Kier molecular flexibility index (Phi) is 4.94. The smallest absolute Gasteiger partial charge is 0.329 e. The van der Waals surface area contributed by atoms with E-state index in [1.54, 1.807) is 19.1 Å². The number of benzene rings is 1. The van der Waals surface area contributed by atoms with Crippen LogP contribution in [0, 0.1) is 6.92 Å². The van der Waals surface area contributed by atoms with Crippen LogP contribution in [0.1, 0.15) is 25.8 Å². The molecule has 1 rings (SSSR count). The average molecular weight is 329 g/mol. The van der Waals surface area contributed by atoms with E-state index in [2.05, 4.69) is 26.6 Å². The molecule has 0 heterocycles. The van der Waals surface area contributed by atoms with E-state index in [9.17, 15) is 9.59 Å². The minimum atomic E-state index is -1.27. The minimum Gasteiger partial charge on any atom is -0.480 e. The second kappa shape index (κ2) is 6.06. The number of aryl methyl sites for hydroxylation is 1. The van der Waals surface area contributed by atoms with Gasteiger partial charge in [-0.1, -0.05) is 22.9 Å². The normalized spacial score (nSPS) is 13.5. The van der Waals surface area contributed by atoms with Gasteiger partial charge in [0, 0.05) is 10.2 Å². The number of halogens is 1. The summed E-state index contributed by atoms with van der Waals surface area (Å²) < 4.78 is 0.847. The number of carboxylic acids is 1. The molecule has 0 aromatic heterocycles. The molecule has 0 spiro atoms. The number of carbonyl (C=O) groups excluding carboxylic acids is 1. The molecule has 0 aliphatic heterocycles. The van der Waals surface area contributed by atoms with Crippen molar-refractivity contribution in [2.45, 2.75) is 32.7 Å². The van der Waals surface area contributed by atoms with E-state index < -0.39 is 17.5 Å². The molecule has 0 bridgehead atoms. The number of nitrogens with one attached hydrogen (secondary N) is 2. The van der Waals surface area contributed by atoms with Crippen LogP contribution in [0.4, 0.5) is 10.5 Å². The molecule has 6 heteroatoms. The molecule has 3 N–H and O–H groups in total. The third kappa shape index (κ3) is 4.24. The summed E-state index contributed by atoms with van der Waals surface area (Å²) in [6.07, 6.45) is 0.299. The second-order valence-corrected chi connectivity index (χ2v) is 5.50. The third-order valence-corrected chi connectivity index (χ3v) is 3.33. The summed E-state index contributed by atoms with van der Waals surface area (Å²) in [5.41, 5.74) is 0.319. The van der Waals surface area contributed by atoms with Gasteiger partial charge in [-0.3, -0.25) is 0 Å². The Morgan fingerprint density at radius 3 is 2.47 bits per heavy atom. The van der Waals surface area contributed by atoms with E-state index in [0.717, 1.165) is 10.0 Å². The van der Waals surface area contributed by atoms with Crippen molar-refractivity contribution in [3.63, 3.8) is 0 Å². The summed E-state index contributed by atoms with van der Waals surface area (Å²) in [4.78, 5) is 22.9. The van der Waals surface area contributed by atoms with Gasteiger partial charge in [0.1, 0.15) is 5.54 Å². The van der Waals surface area contributed by atoms with E-state index in [0.29, 0.717) is 12.1 Å². The van der Waals surface area contributed by atoms with Gasteiger partial charge in [0.15, 0.2) is 0 Å². The summed E-state index contributed by atoms with van der Waals surface area (Å²) in [5.74, 6) is -1.06. The van der Waals surface area contributed by atoms with E-state index in [1.807, 2.05) is 13.0 Å². The maximum Gasteiger partial charge on any atom is 0.329 e. The monoisotopic (exact) mass is 328 g/mol. The lowest BCUT2D eigenvalue weighted by Crippen LogP contribution is -2.53. The number of hydrogen-bond acceptors (Lipinski definition) is 2. The maximum atomic E-state index is 11.8. The SMILES string of the molecule is CCC(C)(NC(=O)Nc1cc(C)cc(Br)c1)C(=O)O. The Bertz CT molecular complexity index is 484. The highest BCUT2D eigenvalue weighted by Crippen LogP contribution is 2.19. The van der Waals surface area contributed by atoms with Crippen LogP contribution in [0.2, 0.25) is 0 Å². The molecule has 1 aromatic carbocycles. The number of carboxylic acid groups (broad SMARTS) is 1. The molecule has 0 fully saturated rings. The minimum absolute atomic E-state index is 0.299. The summed E-state index contributed by atoms with van der Waals surface area (Å²) in [5, 5.41) is 14.2. The fourth-order valence-corrected chi connectivity index (χ4v) is 2.12. The average Bonchev–Trinajstić information content (AvgIpc) is 2.26. The molecule has 0 aliphatic rings. The molecule has 2 amide bonds. The highest BCUT2D eigenvalue weighted by atomic mass is 79.9. The Morgan fingerprint density at radius 1 is 1.37 bits per heavy atom. The van der Waals surface area contributed by atoms with Crippen molar-refractivity contribution in [1.82, 2.24) is 5.32 Å². The van der Waals surface area contributed by atoms with Crippen LogP contribution in [0.15, 0.2) is 22.7 Å². The molecule has 1 atom stereocenters. The van der Waals surface area contributed by atoms with Crippen molar-refractivity contribution >= 4 is 33.6 Å². The molecule has 19 heavy (non-hydrogen) atoms. The quantitative estimate of drug-likeness (QED) is 0.794. The van der Waals surface area contributed by atoms with Crippen molar-refractivity contribution in [2.75, 3.05) is 5.32 Å². The Balaban J connectivity index is 2.77. The Hall–Kier alpha value is -1.56. The van der Waals surface area contributed by atoms with Gasteiger partial charge in [-0.2, -0.15) is 0 Å². The molecule has 1 aromatic rings. The Labute approximate surface area is 120 Å². The summed E-state index contributed by atoms with van der Waals surface area (Å²) in [7, 11) is 0. The van der Waals surface area contributed by atoms with Crippen molar-refractivity contribution < 1.29 is 14.7 Å². The first-order valence-electron chi connectivity index (χ1n) is 5.86. The van der Waals surface area contributed by atoms with Gasteiger partial charge in [-0.25, -0.2) is 9.59 Å². The van der Waals surface area contributed by atoms with E-state index >= 15 is 0 Å². The third-order valence-electron chi connectivity index (χ3n) is 2.87. The van der Waals surface area contributed by atoms with Crippen molar-refractivity contribution in [2.24, 2.45) is 0 Å². The largest absolute Gasteiger partial charge is 0.480 e. The molecular formula is C13H17BrN2O3.